The average molecular weight is 209 g/mol. The maximum absolute atomic E-state index is 12.9. The Morgan fingerprint density at radius 1 is 1.60 bits per heavy atom. The number of fused-ring (bicyclic) bond motifs is 1. The van der Waals surface area contributed by atoms with E-state index in [1.54, 1.807) is 0 Å². The Hall–Kier alpha value is -2.11. The Kier molecular flexibility index (Phi) is 2.24. The molecule has 15 heavy (non-hydrogen) atoms. The number of benzene rings is 1. The number of halogens is 1. The molecule has 0 saturated heterocycles. The number of oxime groups is 1. The number of hydrogen-bond donors (Lipinski definition) is 2. The maximum atomic E-state index is 12.9. The lowest BCUT2D eigenvalue weighted by molar-refractivity contribution is 0.316. The summed E-state index contributed by atoms with van der Waals surface area (Å²) in [6.07, 6.45) is 0.0937. The summed E-state index contributed by atoms with van der Waals surface area (Å²) in [5.74, 6) is -0.0245. The normalized spacial score (nSPS) is 12.2. The molecule has 0 radical (unpaired) electrons. The molecular weight excluding hydrogens is 201 g/mol. The molecule has 0 atom stereocenters. The van der Waals surface area contributed by atoms with Gasteiger partial charge in [0.2, 0.25) is 0 Å². The van der Waals surface area contributed by atoms with Crippen LogP contribution >= 0.6 is 0 Å². The Morgan fingerprint density at radius 3 is 3.13 bits per heavy atom. The van der Waals surface area contributed by atoms with E-state index in [2.05, 4.69) is 10.3 Å². The number of rotatable bonds is 2. The summed E-state index contributed by atoms with van der Waals surface area (Å²) in [7, 11) is 0. The minimum Gasteiger partial charge on any atom is -0.409 e. The largest absolute Gasteiger partial charge is 0.409 e. The molecule has 0 saturated carbocycles. The molecule has 2 rings (SSSR count). The van der Waals surface area contributed by atoms with Crippen LogP contribution in [0.15, 0.2) is 27.9 Å². The zero-order valence-corrected chi connectivity index (χ0v) is 7.64. The van der Waals surface area contributed by atoms with Gasteiger partial charge in [-0.3, -0.25) is 0 Å². The monoisotopic (exact) mass is 209 g/mol. The number of nitrogens with zero attached hydrogens (tertiary/aromatic N) is 2. The van der Waals surface area contributed by atoms with E-state index in [1.807, 2.05) is 0 Å². The van der Waals surface area contributed by atoms with Gasteiger partial charge < -0.3 is 15.5 Å². The van der Waals surface area contributed by atoms with Crippen LogP contribution in [0.3, 0.4) is 0 Å². The number of aromatic nitrogens is 1. The molecule has 0 aliphatic rings. The van der Waals surface area contributed by atoms with Crippen LogP contribution in [0, 0.1) is 5.82 Å². The number of nitrogens with two attached hydrogens (primary N) is 1. The van der Waals surface area contributed by atoms with E-state index in [9.17, 15) is 4.39 Å². The molecule has 0 unspecified atom stereocenters. The van der Waals surface area contributed by atoms with E-state index >= 15 is 0 Å². The molecule has 6 heteroatoms. The predicted molar refractivity (Wildman–Crippen MR) is 51.1 cm³/mol. The SMILES string of the molecule is NC(Cc1onc2ccc(F)cc12)=NO. The molecule has 1 aromatic heterocycles. The summed E-state index contributed by atoms with van der Waals surface area (Å²) < 4.78 is 17.9. The summed E-state index contributed by atoms with van der Waals surface area (Å²) in [6, 6.07) is 4.09. The van der Waals surface area contributed by atoms with Crippen molar-refractivity contribution in [1.29, 1.82) is 0 Å². The van der Waals surface area contributed by atoms with Gasteiger partial charge in [0.15, 0.2) is 5.76 Å². The van der Waals surface area contributed by atoms with Crippen molar-refractivity contribution in [2.24, 2.45) is 10.9 Å². The molecule has 5 nitrogen and oxygen atoms in total. The Morgan fingerprint density at radius 2 is 2.40 bits per heavy atom. The molecule has 78 valence electrons. The van der Waals surface area contributed by atoms with Crippen molar-refractivity contribution in [3.63, 3.8) is 0 Å². The van der Waals surface area contributed by atoms with Crippen molar-refractivity contribution in [2.45, 2.75) is 6.42 Å². The van der Waals surface area contributed by atoms with Gasteiger partial charge in [0.1, 0.15) is 17.2 Å². The van der Waals surface area contributed by atoms with E-state index in [0.717, 1.165) is 0 Å². The average Bonchev–Trinajstić information content (AvgIpc) is 2.61. The fourth-order valence-electron chi connectivity index (χ4n) is 1.29. The molecule has 0 amide bonds. The molecule has 3 N–H and O–H groups in total. The quantitative estimate of drug-likeness (QED) is 0.337. The third kappa shape index (κ3) is 1.74. The minimum atomic E-state index is -0.383. The first-order valence-corrected chi connectivity index (χ1v) is 4.21. The van der Waals surface area contributed by atoms with Gasteiger partial charge in [0, 0.05) is 5.39 Å². The Balaban J connectivity index is 2.48. The van der Waals surface area contributed by atoms with Gasteiger partial charge in [-0.25, -0.2) is 4.39 Å². The Labute approximate surface area is 84.0 Å². The second-order valence-corrected chi connectivity index (χ2v) is 3.04. The van der Waals surface area contributed by atoms with Crippen LogP contribution in [0.25, 0.3) is 10.9 Å². The smallest absolute Gasteiger partial charge is 0.152 e. The highest BCUT2D eigenvalue weighted by molar-refractivity contribution is 5.88. The van der Waals surface area contributed by atoms with E-state index < -0.39 is 0 Å². The molecule has 0 fully saturated rings. The van der Waals surface area contributed by atoms with Crippen LogP contribution in [0.2, 0.25) is 0 Å². The second kappa shape index (κ2) is 3.56. The number of hydrogen-bond acceptors (Lipinski definition) is 4. The fourth-order valence-corrected chi connectivity index (χ4v) is 1.29. The highest BCUT2D eigenvalue weighted by atomic mass is 19.1. The van der Waals surface area contributed by atoms with Crippen molar-refractivity contribution < 1.29 is 14.1 Å². The molecule has 0 spiro atoms. The topological polar surface area (TPSA) is 84.6 Å². The van der Waals surface area contributed by atoms with E-state index in [-0.39, 0.29) is 18.1 Å². The van der Waals surface area contributed by atoms with E-state index in [0.29, 0.717) is 16.7 Å². The van der Waals surface area contributed by atoms with Gasteiger partial charge in [-0.15, -0.1) is 0 Å². The van der Waals surface area contributed by atoms with Crippen LogP contribution in [-0.2, 0) is 6.42 Å². The lowest BCUT2D eigenvalue weighted by atomic mass is 10.1. The minimum absolute atomic E-state index is 0.0164. The molecule has 0 aliphatic heterocycles. The molecule has 0 aliphatic carbocycles. The van der Waals surface area contributed by atoms with Gasteiger partial charge in [0.25, 0.3) is 0 Å². The highest BCUT2D eigenvalue weighted by Crippen LogP contribution is 2.19. The second-order valence-electron chi connectivity index (χ2n) is 3.04. The highest BCUT2D eigenvalue weighted by Gasteiger charge is 2.10. The first-order chi connectivity index (χ1) is 7.20. The summed E-state index contributed by atoms with van der Waals surface area (Å²) in [5, 5.41) is 15.4. The predicted octanol–water partition coefficient (Wildman–Crippen LogP) is 1.26. The van der Waals surface area contributed by atoms with Crippen LogP contribution in [0.4, 0.5) is 4.39 Å². The van der Waals surface area contributed by atoms with E-state index in [4.69, 9.17) is 15.5 Å². The van der Waals surface area contributed by atoms with E-state index in [1.165, 1.54) is 18.2 Å². The third-order valence-electron chi connectivity index (χ3n) is 1.98. The Bertz CT molecular complexity index is 521. The molecule has 1 heterocycles. The van der Waals surface area contributed by atoms with Crippen LogP contribution in [0.1, 0.15) is 5.76 Å². The first kappa shape index (κ1) is 9.45. The van der Waals surface area contributed by atoms with Gasteiger partial charge >= 0.3 is 0 Å². The summed E-state index contributed by atoms with van der Waals surface area (Å²) in [6.45, 7) is 0. The molecular formula is C9H8FN3O2. The van der Waals surface area contributed by atoms with Crippen molar-refractivity contribution in [3.05, 3.63) is 29.8 Å². The molecule has 0 bridgehead atoms. The van der Waals surface area contributed by atoms with Crippen molar-refractivity contribution in [3.8, 4) is 0 Å². The number of amidine groups is 1. The van der Waals surface area contributed by atoms with Crippen LogP contribution < -0.4 is 5.73 Å². The molecule has 2 aromatic rings. The van der Waals surface area contributed by atoms with Gasteiger partial charge in [0.05, 0.1) is 6.42 Å². The van der Waals surface area contributed by atoms with Crippen LogP contribution in [0.5, 0.6) is 0 Å². The zero-order chi connectivity index (χ0) is 10.8. The first-order valence-electron chi connectivity index (χ1n) is 4.21. The summed E-state index contributed by atoms with van der Waals surface area (Å²) in [4.78, 5) is 0. The fraction of sp³-hybridized carbons (Fsp3) is 0.111. The van der Waals surface area contributed by atoms with Crippen molar-refractivity contribution in [1.82, 2.24) is 5.16 Å². The third-order valence-corrected chi connectivity index (χ3v) is 1.98. The summed E-state index contributed by atoms with van der Waals surface area (Å²) in [5.41, 5.74) is 5.85. The standard InChI is InChI=1S/C9H8FN3O2/c10-5-1-2-7-6(3-5)8(15-13-7)4-9(11)12-14/h1-3,14H,4H2,(H2,11,12). The molecule has 1 aromatic carbocycles. The maximum Gasteiger partial charge on any atom is 0.152 e. The summed E-state index contributed by atoms with van der Waals surface area (Å²) >= 11 is 0. The van der Waals surface area contributed by atoms with Crippen LogP contribution in [-0.4, -0.2) is 16.2 Å². The lowest BCUT2D eigenvalue weighted by Crippen LogP contribution is -2.14. The van der Waals surface area contributed by atoms with Crippen molar-refractivity contribution in [2.75, 3.05) is 0 Å². The van der Waals surface area contributed by atoms with Gasteiger partial charge in [-0.2, -0.15) is 0 Å². The van der Waals surface area contributed by atoms with Crippen molar-refractivity contribution >= 4 is 16.7 Å². The van der Waals surface area contributed by atoms with Gasteiger partial charge in [-0.1, -0.05) is 10.3 Å². The zero-order valence-electron chi connectivity index (χ0n) is 7.64. The van der Waals surface area contributed by atoms with Gasteiger partial charge in [-0.05, 0) is 18.2 Å². The lowest BCUT2D eigenvalue weighted by Gasteiger charge is -1.94.